The molecule has 0 unspecified atom stereocenters. The number of fused-ring (bicyclic) bond motifs is 1. The topological polar surface area (TPSA) is 98.3 Å². The number of ether oxygens (including phenoxy) is 2. The van der Waals surface area contributed by atoms with Crippen LogP contribution in [0.2, 0.25) is 0 Å². The van der Waals surface area contributed by atoms with Crippen LogP contribution < -0.4 is 15.4 Å². The molecule has 1 amide bonds. The summed E-state index contributed by atoms with van der Waals surface area (Å²) in [5, 5.41) is 6.84. The van der Waals surface area contributed by atoms with E-state index in [2.05, 4.69) is 25.6 Å². The first-order valence-corrected chi connectivity index (χ1v) is 12.2. The average molecular weight is 516 g/mol. The van der Waals surface area contributed by atoms with Crippen molar-refractivity contribution in [1.82, 2.24) is 20.3 Å². The lowest BCUT2D eigenvalue weighted by Crippen LogP contribution is -2.50. The average Bonchev–Trinajstić information content (AvgIpc) is 2.79. The second kappa shape index (κ2) is 10.1. The van der Waals surface area contributed by atoms with Gasteiger partial charge >= 0.3 is 0 Å². The summed E-state index contributed by atoms with van der Waals surface area (Å²) in [5.74, 6) is 0.428. The predicted octanol–water partition coefficient (Wildman–Crippen LogP) is 4.60. The van der Waals surface area contributed by atoms with Gasteiger partial charge in [0, 0.05) is 17.2 Å². The molecule has 8 nitrogen and oxygen atoms in total. The van der Waals surface area contributed by atoms with Crippen LogP contribution in [0.15, 0.2) is 24.3 Å². The number of aryl methyl sites for hydroxylation is 1. The number of nitrogens with zero attached hydrogens (tertiary/aromatic N) is 3. The molecule has 3 heterocycles. The van der Waals surface area contributed by atoms with Gasteiger partial charge in [-0.3, -0.25) is 4.79 Å². The number of nitrogens with one attached hydrogen (secondary N) is 2. The Bertz CT molecular complexity index is 1330. The van der Waals surface area contributed by atoms with Gasteiger partial charge in [-0.1, -0.05) is 18.2 Å². The lowest BCUT2D eigenvalue weighted by Gasteiger charge is -2.38. The van der Waals surface area contributed by atoms with Crippen molar-refractivity contribution in [1.29, 1.82) is 0 Å². The Kier molecular flexibility index (Phi) is 6.89. The second-order valence-corrected chi connectivity index (χ2v) is 9.60. The summed E-state index contributed by atoms with van der Waals surface area (Å²) >= 11 is 0. The maximum absolute atomic E-state index is 14.8. The first-order chi connectivity index (χ1) is 17.7. The Morgan fingerprint density at radius 2 is 1.89 bits per heavy atom. The molecule has 0 bridgehead atoms. The molecule has 5 rings (SSSR count). The van der Waals surface area contributed by atoms with Crippen molar-refractivity contribution in [2.75, 3.05) is 25.6 Å². The van der Waals surface area contributed by atoms with Crippen LogP contribution in [0.5, 0.6) is 5.88 Å². The van der Waals surface area contributed by atoms with Crippen molar-refractivity contribution in [3.05, 3.63) is 52.6 Å². The van der Waals surface area contributed by atoms with Crippen LogP contribution in [0.25, 0.3) is 11.0 Å². The first kappa shape index (κ1) is 25.2. The third kappa shape index (κ3) is 4.92. The quantitative estimate of drug-likeness (QED) is 0.453. The molecule has 1 saturated heterocycles. The Labute approximate surface area is 212 Å². The number of anilines is 1. The Morgan fingerprint density at radius 3 is 2.54 bits per heavy atom. The lowest BCUT2D eigenvalue weighted by molar-refractivity contribution is -0.140. The molecule has 0 radical (unpaired) electrons. The van der Waals surface area contributed by atoms with E-state index < -0.39 is 23.8 Å². The van der Waals surface area contributed by atoms with Gasteiger partial charge in [0.1, 0.15) is 17.5 Å². The number of alkyl halides is 2. The number of carbonyl (C=O) groups excluding carboxylic acids is 1. The molecule has 11 heteroatoms. The third-order valence-electron chi connectivity index (χ3n) is 7.03. The van der Waals surface area contributed by atoms with Crippen LogP contribution in [-0.4, -0.2) is 47.2 Å². The van der Waals surface area contributed by atoms with Gasteiger partial charge in [0.05, 0.1) is 43.2 Å². The fraction of sp³-hybridized carbons (Fsp3) is 0.462. The minimum Gasteiger partial charge on any atom is -0.481 e. The molecule has 0 spiro atoms. The number of aromatic nitrogens is 3. The fourth-order valence-electron chi connectivity index (χ4n) is 4.78. The van der Waals surface area contributed by atoms with Crippen LogP contribution >= 0.6 is 0 Å². The van der Waals surface area contributed by atoms with E-state index in [1.54, 1.807) is 21.0 Å². The molecule has 2 fully saturated rings. The monoisotopic (exact) mass is 515 g/mol. The number of carbonyl (C=O) groups is 1. The smallest absolute Gasteiger partial charge is 0.266 e. The normalized spacial score (nSPS) is 20.3. The molecule has 1 saturated carbocycles. The van der Waals surface area contributed by atoms with E-state index >= 15 is 0 Å². The van der Waals surface area contributed by atoms with E-state index in [9.17, 15) is 18.0 Å². The molecule has 1 aliphatic carbocycles. The predicted molar refractivity (Wildman–Crippen MR) is 130 cm³/mol. The molecule has 3 aromatic rings. The van der Waals surface area contributed by atoms with Crippen molar-refractivity contribution in [3.8, 4) is 5.88 Å². The molecule has 1 aromatic carbocycles. The molecule has 196 valence electrons. The number of halogens is 3. The highest BCUT2D eigenvalue weighted by molar-refractivity contribution is 5.88. The van der Waals surface area contributed by atoms with Crippen LogP contribution in [0.3, 0.4) is 0 Å². The molecule has 2 aromatic heterocycles. The van der Waals surface area contributed by atoms with Crippen molar-refractivity contribution < 1.29 is 27.4 Å². The number of pyridine rings is 1. The Morgan fingerprint density at radius 1 is 1.16 bits per heavy atom. The summed E-state index contributed by atoms with van der Waals surface area (Å²) in [7, 11) is 1.54. The summed E-state index contributed by atoms with van der Waals surface area (Å²) in [4.78, 5) is 25.8. The van der Waals surface area contributed by atoms with E-state index in [1.165, 1.54) is 12.1 Å². The Hall–Kier alpha value is -3.47. The number of amides is 1. The van der Waals surface area contributed by atoms with Gasteiger partial charge in [-0.2, -0.15) is 4.98 Å². The SMILES string of the molecule is COc1nc2nc(C)nc(N[C@H](C)c3cccc(C(F)F)c3F)c2cc1C1CC(NC(=O)C2COC2)C1. The van der Waals surface area contributed by atoms with E-state index in [0.29, 0.717) is 41.8 Å². The van der Waals surface area contributed by atoms with Crippen molar-refractivity contribution >= 4 is 22.8 Å². The van der Waals surface area contributed by atoms with E-state index in [-0.39, 0.29) is 29.3 Å². The van der Waals surface area contributed by atoms with Gasteiger partial charge in [-0.05, 0) is 38.7 Å². The van der Waals surface area contributed by atoms with Crippen molar-refractivity contribution in [3.63, 3.8) is 0 Å². The number of rotatable bonds is 8. The van der Waals surface area contributed by atoms with Gasteiger partial charge in [-0.15, -0.1) is 0 Å². The van der Waals surface area contributed by atoms with Crippen LogP contribution in [0.1, 0.15) is 60.7 Å². The maximum atomic E-state index is 14.8. The maximum Gasteiger partial charge on any atom is 0.266 e. The zero-order chi connectivity index (χ0) is 26.3. The van der Waals surface area contributed by atoms with Crippen LogP contribution in [0.4, 0.5) is 19.0 Å². The highest BCUT2D eigenvalue weighted by atomic mass is 19.3. The molecule has 2 N–H and O–H groups in total. The van der Waals surface area contributed by atoms with Crippen LogP contribution in [-0.2, 0) is 9.53 Å². The number of hydrogen-bond acceptors (Lipinski definition) is 7. The number of methoxy groups -OCH3 is 1. The largest absolute Gasteiger partial charge is 0.481 e. The first-order valence-electron chi connectivity index (χ1n) is 12.2. The second-order valence-electron chi connectivity index (χ2n) is 9.60. The minimum atomic E-state index is -2.91. The molecular formula is C26H28F3N5O3. The van der Waals surface area contributed by atoms with Crippen LogP contribution in [0, 0.1) is 18.7 Å². The Balaban J connectivity index is 1.41. The van der Waals surface area contributed by atoms with Gasteiger partial charge in [0.2, 0.25) is 11.8 Å². The van der Waals surface area contributed by atoms with E-state index in [0.717, 1.165) is 24.5 Å². The highest BCUT2D eigenvalue weighted by Crippen LogP contribution is 2.42. The van der Waals surface area contributed by atoms with Crippen molar-refractivity contribution in [2.45, 2.75) is 51.1 Å². The minimum absolute atomic E-state index is 0.0193. The lowest BCUT2D eigenvalue weighted by atomic mass is 9.75. The van der Waals surface area contributed by atoms with Gasteiger partial charge in [0.15, 0.2) is 5.65 Å². The zero-order valence-corrected chi connectivity index (χ0v) is 20.7. The third-order valence-corrected chi connectivity index (χ3v) is 7.03. The zero-order valence-electron chi connectivity index (χ0n) is 20.7. The molecule has 37 heavy (non-hydrogen) atoms. The molecule has 1 aliphatic heterocycles. The molecule has 2 aliphatic rings. The van der Waals surface area contributed by atoms with Gasteiger partial charge < -0.3 is 20.1 Å². The van der Waals surface area contributed by atoms with E-state index in [1.807, 2.05) is 6.07 Å². The number of benzene rings is 1. The van der Waals surface area contributed by atoms with E-state index in [4.69, 9.17) is 9.47 Å². The van der Waals surface area contributed by atoms with Gasteiger partial charge in [-0.25, -0.2) is 23.1 Å². The molecule has 1 atom stereocenters. The summed E-state index contributed by atoms with van der Waals surface area (Å²) in [6.07, 6.45) is -1.44. The molecular weight excluding hydrogens is 487 g/mol. The summed E-state index contributed by atoms with van der Waals surface area (Å²) in [5.41, 5.74) is 0.735. The van der Waals surface area contributed by atoms with Gasteiger partial charge in [0.25, 0.3) is 6.43 Å². The number of hydrogen-bond donors (Lipinski definition) is 2. The summed E-state index contributed by atoms with van der Waals surface area (Å²) in [6, 6.07) is 5.29. The summed E-state index contributed by atoms with van der Waals surface area (Å²) in [6.45, 7) is 4.32. The fourth-order valence-corrected chi connectivity index (χ4v) is 4.78. The van der Waals surface area contributed by atoms with Crippen molar-refractivity contribution in [2.24, 2.45) is 5.92 Å². The highest BCUT2D eigenvalue weighted by Gasteiger charge is 2.36. The standard InChI is InChI=1S/C26H28F3N5O3/c1-12(17-5-4-6-18(21(17)27)22(28)29)30-23-20-9-19(26(36-3)34-24(20)32-13(2)31-23)14-7-16(8-14)33-25(35)15-10-37-11-15/h4-6,9,12,14-16,22H,7-8,10-11H2,1-3H3,(H,33,35)(H,30,31,32,34)/t12-,14?,16?/m1/s1. The summed E-state index contributed by atoms with van der Waals surface area (Å²) < 4.78 is 51.9.